The molecule has 0 radical (unpaired) electrons. The van der Waals surface area contributed by atoms with Gasteiger partial charge in [0.15, 0.2) is 0 Å². The van der Waals surface area contributed by atoms with Crippen LogP contribution in [0.25, 0.3) is 0 Å². The molecular weight excluding hydrogens is 210 g/mol. The van der Waals surface area contributed by atoms with Crippen LogP contribution in [0.5, 0.6) is 0 Å². The van der Waals surface area contributed by atoms with Crippen molar-refractivity contribution in [1.29, 1.82) is 0 Å². The van der Waals surface area contributed by atoms with Crippen LogP contribution in [0.15, 0.2) is 30.3 Å². The molecule has 92 valence electrons. The molecule has 3 heteroatoms. The molecule has 0 unspecified atom stereocenters. The third-order valence-electron chi connectivity index (χ3n) is 4.01. The SMILES string of the molecule is c1ccc(CN2CNC3(CCNCC3)C2)cc1. The Kier molecular flexibility index (Phi) is 3.14. The molecule has 17 heavy (non-hydrogen) atoms. The molecular formula is C14H21N3. The van der Waals surface area contributed by atoms with Crippen molar-refractivity contribution in [1.82, 2.24) is 15.5 Å². The van der Waals surface area contributed by atoms with Gasteiger partial charge < -0.3 is 5.32 Å². The van der Waals surface area contributed by atoms with Crippen molar-refractivity contribution >= 4 is 0 Å². The van der Waals surface area contributed by atoms with E-state index in [1.807, 2.05) is 0 Å². The van der Waals surface area contributed by atoms with Gasteiger partial charge in [0.2, 0.25) is 0 Å². The fourth-order valence-corrected chi connectivity index (χ4v) is 3.01. The number of hydrogen-bond donors (Lipinski definition) is 2. The molecule has 2 saturated heterocycles. The lowest BCUT2D eigenvalue weighted by molar-refractivity contribution is 0.258. The lowest BCUT2D eigenvalue weighted by Gasteiger charge is -2.33. The van der Waals surface area contributed by atoms with Crippen molar-refractivity contribution < 1.29 is 0 Å². The average molecular weight is 231 g/mol. The van der Waals surface area contributed by atoms with Crippen molar-refractivity contribution in [2.24, 2.45) is 0 Å². The van der Waals surface area contributed by atoms with E-state index >= 15 is 0 Å². The number of nitrogens with zero attached hydrogens (tertiary/aromatic N) is 1. The van der Waals surface area contributed by atoms with Crippen molar-refractivity contribution in [3.63, 3.8) is 0 Å². The molecule has 3 nitrogen and oxygen atoms in total. The van der Waals surface area contributed by atoms with E-state index < -0.39 is 0 Å². The van der Waals surface area contributed by atoms with Crippen LogP contribution >= 0.6 is 0 Å². The van der Waals surface area contributed by atoms with Gasteiger partial charge in [0.1, 0.15) is 0 Å². The Hall–Kier alpha value is -0.900. The number of rotatable bonds is 2. The zero-order chi connectivity index (χ0) is 11.6. The van der Waals surface area contributed by atoms with E-state index in [1.54, 1.807) is 0 Å². The van der Waals surface area contributed by atoms with E-state index in [-0.39, 0.29) is 0 Å². The molecule has 1 aromatic carbocycles. The van der Waals surface area contributed by atoms with E-state index in [2.05, 4.69) is 45.9 Å². The largest absolute Gasteiger partial charge is 0.317 e. The molecule has 1 spiro atoms. The summed E-state index contributed by atoms with van der Waals surface area (Å²) in [6.07, 6.45) is 2.52. The van der Waals surface area contributed by atoms with Crippen molar-refractivity contribution in [3.8, 4) is 0 Å². The van der Waals surface area contributed by atoms with Crippen LogP contribution in [0, 0.1) is 0 Å². The van der Waals surface area contributed by atoms with Gasteiger partial charge in [-0.1, -0.05) is 30.3 Å². The Morgan fingerprint density at radius 1 is 1.12 bits per heavy atom. The molecule has 1 aromatic rings. The molecule has 3 rings (SSSR count). The lowest BCUT2D eigenvalue weighted by atomic mass is 9.89. The zero-order valence-corrected chi connectivity index (χ0v) is 10.3. The molecule has 2 heterocycles. The van der Waals surface area contributed by atoms with Gasteiger partial charge in [-0.3, -0.25) is 10.2 Å². The molecule has 2 aliphatic rings. The van der Waals surface area contributed by atoms with Gasteiger partial charge in [0.05, 0.1) is 0 Å². The molecule has 0 atom stereocenters. The van der Waals surface area contributed by atoms with Crippen LogP contribution in [-0.4, -0.2) is 36.7 Å². The fourth-order valence-electron chi connectivity index (χ4n) is 3.01. The average Bonchev–Trinajstić information content (AvgIpc) is 2.74. The molecule has 2 aliphatic heterocycles. The second-order valence-corrected chi connectivity index (χ2v) is 5.34. The van der Waals surface area contributed by atoms with Crippen LogP contribution in [0.4, 0.5) is 0 Å². The monoisotopic (exact) mass is 231 g/mol. The maximum absolute atomic E-state index is 3.73. The first kappa shape index (κ1) is 11.2. The van der Waals surface area contributed by atoms with Gasteiger partial charge in [-0.2, -0.15) is 0 Å². The molecule has 2 N–H and O–H groups in total. The Bertz CT molecular complexity index is 357. The predicted molar refractivity (Wildman–Crippen MR) is 69.7 cm³/mol. The summed E-state index contributed by atoms with van der Waals surface area (Å²) >= 11 is 0. The fraction of sp³-hybridized carbons (Fsp3) is 0.571. The standard InChI is InChI=1S/C14H21N3/c1-2-4-13(5-3-1)10-17-11-14(16-12-17)6-8-15-9-7-14/h1-5,15-16H,6-12H2. The first-order valence-electron chi connectivity index (χ1n) is 6.58. The molecule has 0 bridgehead atoms. The van der Waals surface area contributed by atoms with Crippen molar-refractivity contribution in [2.45, 2.75) is 24.9 Å². The van der Waals surface area contributed by atoms with Crippen LogP contribution < -0.4 is 10.6 Å². The minimum atomic E-state index is 0.389. The molecule has 2 fully saturated rings. The number of benzene rings is 1. The Morgan fingerprint density at radius 2 is 1.88 bits per heavy atom. The maximum atomic E-state index is 3.73. The highest BCUT2D eigenvalue weighted by molar-refractivity contribution is 5.15. The first-order valence-corrected chi connectivity index (χ1v) is 6.58. The minimum absolute atomic E-state index is 0.389. The second kappa shape index (κ2) is 4.77. The number of nitrogens with one attached hydrogen (secondary N) is 2. The summed E-state index contributed by atoms with van der Waals surface area (Å²) in [7, 11) is 0. The highest BCUT2D eigenvalue weighted by Gasteiger charge is 2.38. The Morgan fingerprint density at radius 3 is 2.65 bits per heavy atom. The summed E-state index contributed by atoms with van der Waals surface area (Å²) in [5.74, 6) is 0. The molecule has 0 aliphatic carbocycles. The van der Waals surface area contributed by atoms with Crippen LogP contribution in [0.1, 0.15) is 18.4 Å². The third-order valence-corrected chi connectivity index (χ3v) is 4.01. The van der Waals surface area contributed by atoms with Gasteiger partial charge in [-0.15, -0.1) is 0 Å². The quantitative estimate of drug-likeness (QED) is 0.800. The minimum Gasteiger partial charge on any atom is -0.317 e. The lowest BCUT2D eigenvalue weighted by Crippen LogP contribution is -2.50. The van der Waals surface area contributed by atoms with E-state index in [4.69, 9.17) is 0 Å². The number of piperidine rings is 1. The topological polar surface area (TPSA) is 27.3 Å². The summed E-state index contributed by atoms with van der Waals surface area (Å²) in [6, 6.07) is 10.8. The van der Waals surface area contributed by atoms with E-state index in [1.165, 1.54) is 24.9 Å². The van der Waals surface area contributed by atoms with Crippen LogP contribution in [0.3, 0.4) is 0 Å². The van der Waals surface area contributed by atoms with Gasteiger partial charge in [0.25, 0.3) is 0 Å². The summed E-state index contributed by atoms with van der Waals surface area (Å²) < 4.78 is 0. The predicted octanol–water partition coefficient (Wildman–Crippen LogP) is 1.17. The molecule has 0 amide bonds. The summed E-state index contributed by atoms with van der Waals surface area (Å²) in [5, 5.41) is 7.17. The normalized spacial score (nSPS) is 24.2. The summed E-state index contributed by atoms with van der Waals surface area (Å²) in [4.78, 5) is 2.53. The van der Waals surface area contributed by atoms with Gasteiger partial charge in [-0.05, 0) is 31.5 Å². The molecule has 0 aromatic heterocycles. The Balaban J connectivity index is 1.60. The van der Waals surface area contributed by atoms with Gasteiger partial charge in [0, 0.05) is 25.3 Å². The Labute approximate surface area is 103 Å². The van der Waals surface area contributed by atoms with Gasteiger partial charge in [-0.25, -0.2) is 0 Å². The molecule has 0 saturated carbocycles. The summed E-state index contributed by atoms with van der Waals surface area (Å²) in [6.45, 7) is 5.62. The second-order valence-electron chi connectivity index (χ2n) is 5.34. The van der Waals surface area contributed by atoms with Crippen LogP contribution in [0.2, 0.25) is 0 Å². The maximum Gasteiger partial charge on any atom is 0.0489 e. The highest BCUT2D eigenvalue weighted by Crippen LogP contribution is 2.25. The van der Waals surface area contributed by atoms with Crippen molar-refractivity contribution in [3.05, 3.63) is 35.9 Å². The van der Waals surface area contributed by atoms with E-state index in [9.17, 15) is 0 Å². The smallest absolute Gasteiger partial charge is 0.0489 e. The highest BCUT2D eigenvalue weighted by atomic mass is 15.3. The number of hydrogen-bond acceptors (Lipinski definition) is 3. The van der Waals surface area contributed by atoms with Crippen LogP contribution in [-0.2, 0) is 6.54 Å². The third kappa shape index (κ3) is 2.51. The van der Waals surface area contributed by atoms with Crippen molar-refractivity contribution in [2.75, 3.05) is 26.3 Å². The summed E-state index contributed by atoms with van der Waals surface area (Å²) in [5.41, 5.74) is 1.81. The van der Waals surface area contributed by atoms with E-state index in [0.717, 1.165) is 26.3 Å². The first-order chi connectivity index (χ1) is 8.36. The van der Waals surface area contributed by atoms with E-state index in [0.29, 0.717) is 5.54 Å². The zero-order valence-electron chi connectivity index (χ0n) is 10.3. The van der Waals surface area contributed by atoms with Gasteiger partial charge >= 0.3 is 0 Å².